The molecule has 94 valence electrons. The summed E-state index contributed by atoms with van der Waals surface area (Å²) in [6, 6.07) is -0.0383. The Hall–Kier alpha value is -0.570. The van der Waals surface area contributed by atoms with Crippen LogP contribution in [0.1, 0.15) is 52.4 Å². The van der Waals surface area contributed by atoms with Crippen LogP contribution in [0.4, 0.5) is 0 Å². The highest BCUT2D eigenvalue weighted by molar-refractivity contribution is 5.76. The van der Waals surface area contributed by atoms with Gasteiger partial charge in [-0.15, -0.1) is 0 Å². The number of hydrogen-bond acceptors (Lipinski definition) is 3. The standard InChI is InChI=1S/C13H25NO2/c1-3-5-7-11(4-2)10-16-13(15)12-8-6-9-14-12/h11-12,14H,3-10H2,1-2H3/t11?,12-/m1/s1. The summed E-state index contributed by atoms with van der Waals surface area (Å²) in [4.78, 5) is 11.7. The van der Waals surface area contributed by atoms with E-state index in [1.54, 1.807) is 0 Å². The Labute approximate surface area is 98.9 Å². The molecule has 0 aromatic carbocycles. The van der Waals surface area contributed by atoms with Crippen LogP contribution >= 0.6 is 0 Å². The molecule has 1 aliphatic heterocycles. The van der Waals surface area contributed by atoms with Crippen molar-refractivity contribution in [1.82, 2.24) is 5.32 Å². The van der Waals surface area contributed by atoms with Crippen molar-refractivity contribution in [2.24, 2.45) is 5.92 Å². The zero-order chi connectivity index (χ0) is 11.8. The minimum absolute atomic E-state index is 0.0383. The van der Waals surface area contributed by atoms with Crippen LogP contribution < -0.4 is 5.32 Å². The number of rotatable bonds is 7. The van der Waals surface area contributed by atoms with E-state index in [0.29, 0.717) is 12.5 Å². The third-order valence-corrected chi connectivity index (χ3v) is 3.35. The van der Waals surface area contributed by atoms with Crippen LogP contribution in [0.3, 0.4) is 0 Å². The molecule has 0 spiro atoms. The summed E-state index contributed by atoms with van der Waals surface area (Å²) in [5.74, 6) is 0.498. The van der Waals surface area contributed by atoms with Crippen molar-refractivity contribution in [3.05, 3.63) is 0 Å². The quantitative estimate of drug-likeness (QED) is 0.679. The van der Waals surface area contributed by atoms with E-state index in [4.69, 9.17) is 4.74 Å². The molecular weight excluding hydrogens is 202 g/mol. The normalized spacial score (nSPS) is 22.0. The van der Waals surface area contributed by atoms with Crippen LogP contribution in [-0.2, 0) is 9.53 Å². The maximum Gasteiger partial charge on any atom is 0.323 e. The van der Waals surface area contributed by atoms with Gasteiger partial charge in [-0.2, -0.15) is 0 Å². The molecule has 3 heteroatoms. The first kappa shape index (κ1) is 13.5. The molecule has 1 heterocycles. The van der Waals surface area contributed by atoms with Gasteiger partial charge in [0.15, 0.2) is 0 Å². The number of esters is 1. The molecule has 0 amide bonds. The summed E-state index contributed by atoms with van der Waals surface area (Å²) in [5, 5.41) is 3.17. The summed E-state index contributed by atoms with van der Waals surface area (Å²) in [6.07, 6.45) is 6.76. The second-order valence-electron chi connectivity index (χ2n) is 4.70. The van der Waals surface area contributed by atoms with Gasteiger partial charge in [0.1, 0.15) is 6.04 Å². The smallest absolute Gasteiger partial charge is 0.323 e. The zero-order valence-electron chi connectivity index (χ0n) is 10.6. The first-order valence-corrected chi connectivity index (χ1v) is 6.68. The van der Waals surface area contributed by atoms with Crippen molar-refractivity contribution in [3.8, 4) is 0 Å². The molecule has 3 nitrogen and oxygen atoms in total. The van der Waals surface area contributed by atoms with E-state index >= 15 is 0 Å². The molecule has 1 saturated heterocycles. The largest absolute Gasteiger partial charge is 0.464 e. The highest BCUT2D eigenvalue weighted by atomic mass is 16.5. The molecule has 1 rings (SSSR count). The van der Waals surface area contributed by atoms with E-state index in [1.807, 2.05) is 0 Å². The number of carbonyl (C=O) groups is 1. The van der Waals surface area contributed by atoms with Gasteiger partial charge >= 0.3 is 5.97 Å². The Morgan fingerprint density at radius 3 is 2.88 bits per heavy atom. The van der Waals surface area contributed by atoms with Gasteiger partial charge in [-0.25, -0.2) is 0 Å². The van der Waals surface area contributed by atoms with Gasteiger partial charge in [0, 0.05) is 0 Å². The minimum atomic E-state index is -0.0487. The van der Waals surface area contributed by atoms with Gasteiger partial charge in [0.05, 0.1) is 6.61 Å². The number of carbonyl (C=O) groups excluding carboxylic acids is 1. The average molecular weight is 227 g/mol. The molecule has 1 fully saturated rings. The number of unbranched alkanes of at least 4 members (excludes halogenated alkanes) is 1. The van der Waals surface area contributed by atoms with E-state index in [1.165, 1.54) is 19.3 Å². The lowest BCUT2D eigenvalue weighted by molar-refractivity contribution is -0.147. The lowest BCUT2D eigenvalue weighted by Gasteiger charge is -2.16. The first-order chi connectivity index (χ1) is 7.77. The van der Waals surface area contributed by atoms with Crippen LogP contribution in [0.2, 0.25) is 0 Å². The van der Waals surface area contributed by atoms with E-state index < -0.39 is 0 Å². The maximum atomic E-state index is 11.7. The summed E-state index contributed by atoms with van der Waals surface area (Å²) < 4.78 is 5.37. The second-order valence-corrected chi connectivity index (χ2v) is 4.70. The summed E-state index contributed by atoms with van der Waals surface area (Å²) >= 11 is 0. The topological polar surface area (TPSA) is 38.3 Å². The number of hydrogen-bond donors (Lipinski definition) is 1. The molecule has 0 radical (unpaired) electrons. The maximum absolute atomic E-state index is 11.7. The van der Waals surface area contributed by atoms with Crippen LogP contribution in [0.25, 0.3) is 0 Å². The Bertz CT molecular complexity index is 200. The van der Waals surface area contributed by atoms with Crippen LogP contribution in [0.5, 0.6) is 0 Å². The molecule has 1 aliphatic rings. The molecule has 0 aromatic heterocycles. The Morgan fingerprint density at radius 1 is 1.50 bits per heavy atom. The van der Waals surface area contributed by atoms with Gasteiger partial charge in [0.2, 0.25) is 0 Å². The van der Waals surface area contributed by atoms with Crippen molar-refractivity contribution in [3.63, 3.8) is 0 Å². The summed E-state index contributed by atoms with van der Waals surface area (Å²) in [5.41, 5.74) is 0. The van der Waals surface area contributed by atoms with E-state index in [9.17, 15) is 4.79 Å². The van der Waals surface area contributed by atoms with Crippen molar-refractivity contribution < 1.29 is 9.53 Å². The Morgan fingerprint density at radius 2 is 2.31 bits per heavy atom. The zero-order valence-corrected chi connectivity index (χ0v) is 10.6. The number of ether oxygens (including phenoxy) is 1. The third kappa shape index (κ3) is 4.52. The highest BCUT2D eigenvalue weighted by Gasteiger charge is 2.23. The van der Waals surface area contributed by atoms with Gasteiger partial charge in [-0.05, 0) is 31.7 Å². The van der Waals surface area contributed by atoms with Crippen molar-refractivity contribution in [2.75, 3.05) is 13.2 Å². The van der Waals surface area contributed by atoms with E-state index in [0.717, 1.165) is 25.8 Å². The lowest BCUT2D eigenvalue weighted by Crippen LogP contribution is -2.33. The van der Waals surface area contributed by atoms with Gasteiger partial charge < -0.3 is 10.1 Å². The Balaban J connectivity index is 2.17. The van der Waals surface area contributed by atoms with E-state index in [2.05, 4.69) is 19.2 Å². The first-order valence-electron chi connectivity index (χ1n) is 6.68. The van der Waals surface area contributed by atoms with Crippen molar-refractivity contribution >= 4 is 5.97 Å². The fourth-order valence-corrected chi connectivity index (χ4v) is 2.08. The molecule has 0 aromatic rings. The third-order valence-electron chi connectivity index (χ3n) is 3.35. The summed E-state index contributed by atoms with van der Waals surface area (Å²) in [7, 11) is 0. The predicted molar refractivity (Wildman–Crippen MR) is 65.3 cm³/mol. The van der Waals surface area contributed by atoms with Crippen LogP contribution in [0.15, 0.2) is 0 Å². The molecule has 0 aliphatic carbocycles. The van der Waals surface area contributed by atoms with Crippen LogP contribution in [-0.4, -0.2) is 25.2 Å². The minimum Gasteiger partial charge on any atom is -0.464 e. The SMILES string of the molecule is CCCCC(CC)COC(=O)[C@H]1CCCN1. The number of nitrogens with one attached hydrogen (secondary N) is 1. The fourth-order valence-electron chi connectivity index (χ4n) is 2.08. The second kappa shape index (κ2) is 7.66. The monoisotopic (exact) mass is 227 g/mol. The van der Waals surface area contributed by atoms with Gasteiger partial charge in [-0.1, -0.05) is 33.1 Å². The van der Waals surface area contributed by atoms with Gasteiger partial charge in [-0.3, -0.25) is 4.79 Å². The fraction of sp³-hybridized carbons (Fsp3) is 0.923. The molecule has 2 atom stereocenters. The van der Waals surface area contributed by atoms with Crippen molar-refractivity contribution in [2.45, 2.75) is 58.4 Å². The van der Waals surface area contributed by atoms with Gasteiger partial charge in [0.25, 0.3) is 0 Å². The summed E-state index contributed by atoms with van der Waals surface area (Å²) in [6.45, 7) is 5.92. The molecule has 16 heavy (non-hydrogen) atoms. The van der Waals surface area contributed by atoms with Crippen molar-refractivity contribution in [1.29, 1.82) is 0 Å². The average Bonchev–Trinajstić information content (AvgIpc) is 2.82. The Kier molecular flexibility index (Phi) is 6.46. The molecule has 1 N–H and O–H groups in total. The highest BCUT2D eigenvalue weighted by Crippen LogP contribution is 2.14. The molecule has 1 unspecified atom stereocenters. The molecular formula is C13H25NO2. The van der Waals surface area contributed by atoms with E-state index in [-0.39, 0.29) is 12.0 Å². The van der Waals surface area contributed by atoms with Crippen LogP contribution in [0, 0.1) is 5.92 Å². The molecule has 0 saturated carbocycles. The molecule has 0 bridgehead atoms. The predicted octanol–water partition coefficient (Wildman–Crippen LogP) is 2.50. The lowest BCUT2D eigenvalue weighted by atomic mass is 10.0.